The minimum atomic E-state index is -0.203. The van der Waals surface area contributed by atoms with E-state index in [1.807, 2.05) is 0 Å². The molecule has 2 rings (SSSR count). The van der Waals surface area contributed by atoms with E-state index in [1.54, 1.807) is 0 Å². The van der Waals surface area contributed by atoms with Crippen molar-refractivity contribution >= 4 is 5.91 Å². The predicted octanol–water partition coefficient (Wildman–Crippen LogP) is 2.43. The molecule has 1 atom stereocenters. The summed E-state index contributed by atoms with van der Waals surface area (Å²) in [7, 11) is 0. The number of aryl methyl sites for hydroxylation is 1. The van der Waals surface area contributed by atoms with E-state index < -0.39 is 0 Å². The molecular formula is C17H26N2O. The molecule has 1 aromatic carbocycles. The van der Waals surface area contributed by atoms with Crippen LogP contribution in [-0.4, -0.2) is 25.0 Å². The van der Waals surface area contributed by atoms with Crippen LogP contribution >= 0.6 is 0 Å². The highest BCUT2D eigenvalue weighted by molar-refractivity contribution is 5.82. The van der Waals surface area contributed by atoms with E-state index in [4.69, 9.17) is 0 Å². The Morgan fingerprint density at radius 3 is 2.65 bits per heavy atom. The molecule has 0 bridgehead atoms. The maximum Gasteiger partial charge on any atom is 0.226 e. The van der Waals surface area contributed by atoms with E-state index in [9.17, 15) is 4.79 Å². The molecule has 1 heterocycles. The molecule has 0 saturated carbocycles. The predicted molar refractivity (Wildman–Crippen MR) is 82.7 cm³/mol. The number of carbonyl (C=O) groups is 1. The number of nitrogens with one attached hydrogen (secondary N) is 2. The Labute approximate surface area is 122 Å². The molecule has 1 aromatic rings. The van der Waals surface area contributed by atoms with Gasteiger partial charge in [-0.25, -0.2) is 0 Å². The zero-order valence-electron chi connectivity index (χ0n) is 12.8. The van der Waals surface area contributed by atoms with Gasteiger partial charge in [0.05, 0.1) is 0 Å². The molecule has 0 aliphatic carbocycles. The van der Waals surface area contributed by atoms with Crippen molar-refractivity contribution in [3.05, 3.63) is 35.4 Å². The Balaban J connectivity index is 1.92. The minimum Gasteiger partial charge on any atom is -0.353 e. The minimum absolute atomic E-state index is 0.176. The maximum atomic E-state index is 12.5. The first-order valence-electron chi connectivity index (χ1n) is 7.57. The third kappa shape index (κ3) is 3.60. The molecule has 1 aliphatic rings. The summed E-state index contributed by atoms with van der Waals surface area (Å²) in [6.07, 6.45) is 2.75. The van der Waals surface area contributed by atoms with E-state index >= 15 is 0 Å². The summed E-state index contributed by atoms with van der Waals surface area (Å²) in [6.45, 7) is 8.18. The highest BCUT2D eigenvalue weighted by atomic mass is 16.2. The fourth-order valence-corrected chi connectivity index (χ4v) is 2.82. The summed E-state index contributed by atoms with van der Waals surface area (Å²) >= 11 is 0. The van der Waals surface area contributed by atoms with Crippen LogP contribution in [0.4, 0.5) is 0 Å². The Hall–Kier alpha value is -1.35. The molecule has 1 unspecified atom stereocenters. The molecule has 3 heteroatoms. The molecule has 1 amide bonds. The zero-order valence-corrected chi connectivity index (χ0v) is 12.8. The summed E-state index contributed by atoms with van der Waals surface area (Å²) in [5, 5.41) is 6.51. The second kappa shape index (κ2) is 6.40. The third-order valence-corrected chi connectivity index (χ3v) is 4.42. The Bertz CT molecular complexity index is 464. The average Bonchev–Trinajstić information content (AvgIpc) is 2.42. The fraction of sp³-hybridized carbons (Fsp3) is 0.588. The molecule has 1 saturated heterocycles. The molecule has 20 heavy (non-hydrogen) atoms. The maximum absolute atomic E-state index is 12.5. The molecule has 0 aromatic heterocycles. The standard InChI is InChI=1S/C17H26N2O/c1-13-6-4-5-7-15(13)12-14(2)19-16(20)17(3)8-10-18-11-9-17/h4-7,14,18H,8-12H2,1-3H3,(H,19,20). The normalized spacial score (nSPS) is 19.4. The third-order valence-electron chi connectivity index (χ3n) is 4.42. The average molecular weight is 274 g/mol. The van der Waals surface area contributed by atoms with Crippen LogP contribution in [-0.2, 0) is 11.2 Å². The first-order chi connectivity index (χ1) is 9.51. The highest BCUT2D eigenvalue weighted by Crippen LogP contribution is 2.28. The van der Waals surface area contributed by atoms with Gasteiger partial charge in [0.15, 0.2) is 0 Å². The van der Waals surface area contributed by atoms with E-state index in [0.29, 0.717) is 0 Å². The van der Waals surface area contributed by atoms with Gasteiger partial charge >= 0.3 is 0 Å². The molecule has 3 nitrogen and oxygen atoms in total. The lowest BCUT2D eigenvalue weighted by Crippen LogP contribution is -2.48. The summed E-state index contributed by atoms with van der Waals surface area (Å²) < 4.78 is 0. The van der Waals surface area contributed by atoms with Gasteiger partial charge in [-0.15, -0.1) is 0 Å². The van der Waals surface area contributed by atoms with Gasteiger partial charge in [-0.3, -0.25) is 4.79 Å². The van der Waals surface area contributed by atoms with E-state index in [2.05, 4.69) is 55.7 Å². The Kier molecular flexibility index (Phi) is 4.81. The SMILES string of the molecule is Cc1ccccc1CC(C)NC(=O)C1(C)CCNCC1. The summed E-state index contributed by atoms with van der Waals surface area (Å²) in [6, 6.07) is 8.56. The monoisotopic (exact) mass is 274 g/mol. The number of rotatable bonds is 4. The number of benzene rings is 1. The number of hydrogen-bond acceptors (Lipinski definition) is 2. The molecule has 110 valence electrons. The van der Waals surface area contributed by atoms with Crippen molar-refractivity contribution in [1.29, 1.82) is 0 Å². The lowest BCUT2D eigenvalue weighted by molar-refractivity contribution is -0.132. The van der Waals surface area contributed by atoms with Gasteiger partial charge in [-0.1, -0.05) is 31.2 Å². The van der Waals surface area contributed by atoms with Crippen molar-refractivity contribution in [3.8, 4) is 0 Å². The van der Waals surface area contributed by atoms with Crippen LogP contribution in [0.1, 0.15) is 37.8 Å². The zero-order chi connectivity index (χ0) is 14.6. The highest BCUT2D eigenvalue weighted by Gasteiger charge is 2.34. The van der Waals surface area contributed by atoms with Gasteiger partial charge in [0.2, 0.25) is 5.91 Å². The quantitative estimate of drug-likeness (QED) is 0.885. The topological polar surface area (TPSA) is 41.1 Å². The van der Waals surface area contributed by atoms with Crippen molar-refractivity contribution in [1.82, 2.24) is 10.6 Å². The molecule has 2 N–H and O–H groups in total. The van der Waals surface area contributed by atoms with E-state index in [-0.39, 0.29) is 17.4 Å². The van der Waals surface area contributed by atoms with Gasteiger partial charge < -0.3 is 10.6 Å². The largest absolute Gasteiger partial charge is 0.353 e. The lowest BCUT2D eigenvalue weighted by atomic mass is 9.80. The van der Waals surface area contributed by atoms with Gasteiger partial charge in [-0.05, 0) is 57.3 Å². The molecule has 0 radical (unpaired) electrons. The lowest BCUT2D eigenvalue weighted by Gasteiger charge is -2.33. The van der Waals surface area contributed by atoms with Crippen molar-refractivity contribution in [2.24, 2.45) is 5.41 Å². The summed E-state index contributed by atoms with van der Waals surface area (Å²) in [5.41, 5.74) is 2.41. The molecule has 0 spiro atoms. The van der Waals surface area contributed by atoms with Crippen LogP contribution in [0, 0.1) is 12.3 Å². The van der Waals surface area contributed by atoms with E-state index in [1.165, 1.54) is 11.1 Å². The molecular weight excluding hydrogens is 248 g/mol. The van der Waals surface area contributed by atoms with Gasteiger partial charge in [0, 0.05) is 11.5 Å². The number of piperidine rings is 1. The first-order valence-corrected chi connectivity index (χ1v) is 7.57. The Morgan fingerprint density at radius 2 is 2.00 bits per heavy atom. The van der Waals surface area contributed by atoms with Crippen LogP contribution in [0.15, 0.2) is 24.3 Å². The van der Waals surface area contributed by atoms with Crippen LogP contribution in [0.3, 0.4) is 0 Å². The number of carbonyl (C=O) groups excluding carboxylic acids is 1. The van der Waals surface area contributed by atoms with Crippen LogP contribution in [0.5, 0.6) is 0 Å². The fourth-order valence-electron chi connectivity index (χ4n) is 2.82. The smallest absolute Gasteiger partial charge is 0.226 e. The number of hydrogen-bond donors (Lipinski definition) is 2. The van der Waals surface area contributed by atoms with Crippen molar-refractivity contribution in [2.45, 2.75) is 46.1 Å². The summed E-state index contributed by atoms with van der Waals surface area (Å²) in [4.78, 5) is 12.5. The van der Waals surface area contributed by atoms with Crippen LogP contribution < -0.4 is 10.6 Å². The van der Waals surface area contributed by atoms with Gasteiger partial charge in [0.25, 0.3) is 0 Å². The van der Waals surface area contributed by atoms with Gasteiger partial charge in [0.1, 0.15) is 0 Å². The first kappa shape index (κ1) is 15.0. The van der Waals surface area contributed by atoms with Crippen molar-refractivity contribution in [3.63, 3.8) is 0 Å². The van der Waals surface area contributed by atoms with Crippen molar-refractivity contribution in [2.75, 3.05) is 13.1 Å². The second-order valence-corrected chi connectivity index (χ2v) is 6.32. The molecule has 1 fully saturated rings. The van der Waals surface area contributed by atoms with Gasteiger partial charge in [-0.2, -0.15) is 0 Å². The number of amides is 1. The van der Waals surface area contributed by atoms with Crippen molar-refractivity contribution < 1.29 is 4.79 Å². The molecule has 1 aliphatic heterocycles. The Morgan fingerprint density at radius 1 is 1.35 bits per heavy atom. The van der Waals surface area contributed by atoms with Crippen LogP contribution in [0.2, 0.25) is 0 Å². The van der Waals surface area contributed by atoms with Crippen LogP contribution in [0.25, 0.3) is 0 Å². The summed E-state index contributed by atoms with van der Waals surface area (Å²) in [5.74, 6) is 0.208. The van der Waals surface area contributed by atoms with E-state index in [0.717, 1.165) is 32.4 Å². The second-order valence-electron chi connectivity index (χ2n) is 6.32.